The van der Waals surface area contributed by atoms with E-state index in [1.165, 1.54) is 18.9 Å². The van der Waals surface area contributed by atoms with Crippen LogP contribution in [0.25, 0.3) is 0 Å². The van der Waals surface area contributed by atoms with Crippen LogP contribution in [0, 0.1) is 0 Å². The molecule has 0 aromatic heterocycles. The summed E-state index contributed by atoms with van der Waals surface area (Å²) in [6.07, 6.45) is 0. The van der Waals surface area contributed by atoms with E-state index in [1.807, 2.05) is 0 Å². The first-order valence-electron chi connectivity index (χ1n) is 4.42. The first-order chi connectivity index (χ1) is 6.36. The lowest BCUT2D eigenvalue weighted by molar-refractivity contribution is -0.141. The molecule has 0 saturated carbocycles. The Balaban J connectivity index is 3.30. The Morgan fingerprint density at radius 3 is 2.21 bits per heavy atom. The van der Waals surface area contributed by atoms with Gasteiger partial charge in [0.05, 0.1) is 5.57 Å². The average molecular weight is 197 g/mol. The summed E-state index contributed by atoms with van der Waals surface area (Å²) in [5, 5.41) is 0. The number of likely N-dealkylation sites (N-methyl/N-ethyl adjacent to an activating group) is 1. The number of ketones is 1. The van der Waals surface area contributed by atoms with Crippen molar-refractivity contribution in [3.8, 4) is 0 Å². The highest BCUT2D eigenvalue weighted by molar-refractivity contribution is 6.21. The van der Waals surface area contributed by atoms with Gasteiger partial charge < -0.3 is 9.64 Å². The molecule has 1 rings (SSSR count). The summed E-state index contributed by atoms with van der Waals surface area (Å²) in [6.45, 7) is 4.92. The van der Waals surface area contributed by atoms with Gasteiger partial charge >= 0.3 is 0 Å². The molecule has 0 aromatic carbocycles. The van der Waals surface area contributed by atoms with E-state index in [9.17, 15) is 9.59 Å². The molecule has 1 heterocycles. The number of amides is 1. The first kappa shape index (κ1) is 10.9. The molecule has 0 spiro atoms. The zero-order valence-corrected chi connectivity index (χ0v) is 9.17. The highest BCUT2D eigenvalue weighted by Crippen LogP contribution is 2.34. The van der Waals surface area contributed by atoms with Crippen LogP contribution >= 0.6 is 0 Å². The lowest BCUT2D eigenvalue weighted by Crippen LogP contribution is -2.44. The quantitative estimate of drug-likeness (QED) is 0.613. The Hall–Kier alpha value is -1.16. The van der Waals surface area contributed by atoms with E-state index in [0.29, 0.717) is 5.57 Å². The van der Waals surface area contributed by atoms with Crippen molar-refractivity contribution < 1.29 is 14.3 Å². The predicted octanol–water partition coefficient (Wildman–Crippen LogP) is 0.726. The Labute approximate surface area is 83.5 Å². The van der Waals surface area contributed by atoms with Gasteiger partial charge in [0, 0.05) is 14.2 Å². The molecule has 1 aliphatic heterocycles. The topological polar surface area (TPSA) is 46.6 Å². The minimum absolute atomic E-state index is 0.208. The molecule has 0 N–H and O–H groups in total. The number of nitrogens with zero attached hydrogens (tertiary/aromatic N) is 1. The third-order valence-electron chi connectivity index (χ3n) is 2.98. The maximum absolute atomic E-state index is 11.7. The van der Waals surface area contributed by atoms with Crippen molar-refractivity contribution >= 4 is 11.7 Å². The molecule has 0 bridgehead atoms. The van der Waals surface area contributed by atoms with Crippen molar-refractivity contribution in [2.75, 3.05) is 14.2 Å². The van der Waals surface area contributed by atoms with Crippen LogP contribution in [0.2, 0.25) is 0 Å². The van der Waals surface area contributed by atoms with Gasteiger partial charge in [0.15, 0.2) is 11.5 Å². The van der Waals surface area contributed by atoms with E-state index in [-0.39, 0.29) is 17.3 Å². The first-order valence-corrected chi connectivity index (χ1v) is 4.42. The van der Waals surface area contributed by atoms with Crippen molar-refractivity contribution in [2.24, 2.45) is 0 Å². The van der Waals surface area contributed by atoms with Gasteiger partial charge in [-0.05, 0) is 26.3 Å². The fourth-order valence-corrected chi connectivity index (χ4v) is 1.71. The maximum Gasteiger partial charge on any atom is 0.259 e. The molecular formula is C10H15NO3. The summed E-state index contributed by atoms with van der Waals surface area (Å²) in [5.41, 5.74) is 0.148. The van der Waals surface area contributed by atoms with Crippen molar-refractivity contribution in [1.29, 1.82) is 0 Å². The van der Waals surface area contributed by atoms with E-state index >= 15 is 0 Å². The second-order valence-corrected chi connectivity index (χ2v) is 3.61. The molecule has 78 valence electrons. The number of carbonyl (C=O) groups is 2. The van der Waals surface area contributed by atoms with Crippen LogP contribution < -0.4 is 0 Å². The Morgan fingerprint density at radius 1 is 1.50 bits per heavy atom. The summed E-state index contributed by atoms with van der Waals surface area (Å²) in [7, 11) is 3.15. The number of carbonyl (C=O) groups excluding carboxylic acids is 2. The molecule has 0 aromatic rings. The van der Waals surface area contributed by atoms with Gasteiger partial charge in [-0.25, -0.2) is 0 Å². The van der Waals surface area contributed by atoms with Crippen LogP contribution in [-0.4, -0.2) is 36.5 Å². The Morgan fingerprint density at radius 2 is 2.00 bits per heavy atom. The van der Waals surface area contributed by atoms with Gasteiger partial charge in [-0.3, -0.25) is 9.59 Å². The normalized spacial score (nSPS) is 27.5. The fraction of sp³-hybridized carbons (Fsp3) is 0.600. The predicted molar refractivity (Wildman–Crippen MR) is 51.6 cm³/mol. The van der Waals surface area contributed by atoms with Gasteiger partial charge in [-0.1, -0.05) is 0 Å². The van der Waals surface area contributed by atoms with Gasteiger partial charge in [-0.2, -0.15) is 0 Å². The molecule has 4 heteroatoms. The molecule has 4 nitrogen and oxygen atoms in total. The van der Waals surface area contributed by atoms with Crippen LogP contribution in [0.15, 0.2) is 11.1 Å². The second kappa shape index (κ2) is 3.20. The summed E-state index contributed by atoms with van der Waals surface area (Å²) in [6, 6.07) is 0. The molecule has 1 unspecified atom stereocenters. The number of rotatable bonds is 2. The standard InChI is InChI=1S/C10H15NO3/c1-6-8(7(2)12)9(13)11(4)10(6,3)14-5/h1-5H3. The number of ether oxygens (including phenoxy) is 1. The lowest BCUT2D eigenvalue weighted by Gasteiger charge is -2.32. The second-order valence-electron chi connectivity index (χ2n) is 3.61. The third-order valence-corrected chi connectivity index (χ3v) is 2.98. The number of Topliss-reactive ketones (excluding diaryl/α,β-unsaturated/α-hetero) is 1. The van der Waals surface area contributed by atoms with Crippen molar-refractivity contribution in [3.05, 3.63) is 11.1 Å². The van der Waals surface area contributed by atoms with Crippen LogP contribution in [0.1, 0.15) is 20.8 Å². The highest BCUT2D eigenvalue weighted by atomic mass is 16.5. The monoisotopic (exact) mass is 197 g/mol. The largest absolute Gasteiger partial charge is 0.355 e. The van der Waals surface area contributed by atoms with Gasteiger partial charge in [0.2, 0.25) is 0 Å². The van der Waals surface area contributed by atoms with E-state index in [2.05, 4.69) is 0 Å². The number of hydrogen-bond acceptors (Lipinski definition) is 3. The summed E-state index contributed by atoms with van der Waals surface area (Å²) >= 11 is 0. The summed E-state index contributed by atoms with van der Waals surface area (Å²) in [5.74, 6) is -0.473. The SMILES string of the molecule is COC1(C)C(C)=C(C(C)=O)C(=O)N1C. The zero-order chi connectivity index (χ0) is 11.1. The van der Waals surface area contributed by atoms with Crippen LogP contribution in [0.5, 0.6) is 0 Å². The Bertz CT molecular complexity index is 332. The van der Waals surface area contributed by atoms with Crippen molar-refractivity contribution in [1.82, 2.24) is 4.90 Å². The third kappa shape index (κ3) is 1.18. The molecule has 0 aliphatic carbocycles. The molecule has 0 radical (unpaired) electrons. The van der Waals surface area contributed by atoms with Crippen LogP contribution in [0.3, 0.4) is 0 Å². The van der Waals surface area contributed by atoms with E-state index in [0.717, 1.165) is 0 Å². The number of methoxy groups -OCH3 is 1. The van der Waals surface area contributed by atoms with Gasteiger partial charge in [-0.15, -0.1) is 0 Å². The molecule has 1 amide bonds. The van der Waals surface area contributed by atoms with E-state index in [1.54, 1.807) is 20.9 Å². The highest BCUT2D eigenvalue weighted by Gasteiger charge is 2.45. The molecule has 0 fully saturated rings. The minimum Gasteiger partial charge on any atom is -0.355 e. The maximum atomic E-state index is 11.7. The van der Waals surface area contributed by atoms with Crippen molar-refractivity contribution in [3.63, 3.8) is 0 Å². The average Bonchev–Trinajstić information content (AvgIpc) is 2.29. The molecule has 14 heavy (non-hydrogen) atoms. The van der Waals surface area contributed by atoms with Crippen LogP contribution in [-0.2, 0) is 14.3 Å². The van der Waals surface area contributed by atoms with Gasteiger partial charge in [0.1, 0.15) is 0 Å². The smallest absolute Gasteiger partial charge is 0.259 e. The zero-order valence-electron chi connectivity index (χ0n) is 9.17. The van der Waals surface area contributed by atoms with Crippen LogP contribution in [0.4, 0.5) is 0 Å². The van der Waals surface area contributed by atoms with E-state index in [4.69, 9.17) is 4.74 Å². The molecule has 1 atom stereocenters. The fourth-order valence-electron chi connectivity index (χ4n) is 1.71. The van der Waals surface area contributed by atoms with Crippen molar-refractivity contribution in [2.45, 2.75) is 26.5 Å². The summed E-state index contributed by atoms with van der Waals surface area (Å²) in [4.78, 5) is 24.4. The minimum atomic E-state index is -0.780. The molecule has 0 saturated heterocycles. The summed E-state index contributed by atoms with van der Waals surface area (Å²) < 4.78 is 5.27. The molecular weight excluding hydrogens is 182 g/mol. The molecule has 1 aliphatic rings. The Kier molecular flexibility index (Phi) is 2.50. The van der Waals surface area contributed by atoms with E-state index < -0.39 is 5.72 Å². The lowest BCUT2D eigenvalue weighted by atomic mass is 10.0. The van der Waals surface area contributed by atoms with Gasteiger partial charge in [0.25, 0.3) is 5.91 Å². The number of hydrogen-bond donors (Lipinski definition) is 0.